The number of carbonyl (C=O) groups is 1. The Hall–Kier alpha value is -3.04. The SMILES string of the molecule is Cc1cc(C)c(NC(=O)Cc2oc3ccc(Cl)cc3c2-c2ccccc2C)c(C)c1. The fourth-order valence-electron chi connectivity index (χ4n) is 4.10. The minimum atomic E-state index is -0.106. The second-order valence-electron chi connectivity index (χ2n) is 7.85. The minimum Gasteiger partial charge on any atom is -0.460 e. The zero-order valence-electron chi connectivity index (χ0n) is 17.6. The summed E-state index contributed by atoms with van der Waals surface area (Å²) in [6.45, 7) is 8.14. The summed E-state index contributed by atoms with van der Waals surface area (Å²) in [6.07, 6.45) is 0.142. The van der Waals surface area contributed by atoms with Crippen LogP contribution in [0.25, 0.3) is 22.1 Å². The Balaban J connectivity index is 1.75. The van der Waals surface area contributed by atoms with Crippen LogP contribution in [0.5, 0.6) is 0 Å². The molecule has 0 aliphatic rings. The van der Waals surface area contributed by atoms with E-state index in [2.05, 4.69) is 43.4 Å². The predicted octanol–water partition coefficient (Wildman–Crippen LogP) is 7.17. The summed E-state index contributed by atoms with van der Waals surface area (Å²) in [5.41, 5.74) is 7.96. The largest absolute Gasteiger partial charge is 0.460 e. The van der Waals surface area contributed by atoms with E-state index < -0.39 is 0 Å². The highest BCUT2D eigenvalue weighted by Gasteiger charge is 2.20. The molecule has 0 aliphatic heterocycles. The second-order valence-corrected chi connectivity index (χ2v) is 8.29. The maximum atomic E-state index is 13.0. The number of halogens is 1. The van der Waals surface area contributed by atoms with E-state index in [1.54, 1.807) is 6.07 Å². The van der Waals surface area contributed by atoms with Gasteiger partial charge in [0.2, 0.25) is 5.91 Å². The van der Waals surface area contributed by atoms with Crippen LogP contribution in [0.1, 0.15) is 28.0 Å². The molecule has 0 spiro atoms. The van der Waals surface area contributed by atoms with E-state index in [0.29, 0.717) is 10.8 Å². The number of aryl methyl sites for hydroxylation is 4. The van der Waals surface area contributed by atoms with Crippen molar-refractivity contribution in [2.45, 2.75) is 34.1 Å². The van der Waals surface area contributed by atoms with Gasteiger partial charge in [-0.1, -0.05) is 53.6 Å². The van der Waals surface area contributed by atoms with Crippen molar-refractivity contribution in [2.75, 3.05) is 5.32 Å². The lowest BCUT2D eigenvalue weighted by atomic mass is 9.96. The average Bonchev–Trinajstić information content (AvgIpc) is 3.02. The lowest BCUT2D eigenvalue weighted by Gasteiger charge is -2.13. The van der Waals surface area contributed by atoms with Gasteiger partial charge in [0.25, 0.3) is 0 Å². The number of hydrogen-bond acceptors (Lipinski definition) is 2. The van der Waals surface area contributed by atoms with Crippen LogP contribution < -0.4 is 5.32 Å². The van der Waals surface area contributed by atoms with Gasteiger partial charge in [0.15, 0.2) is 0 Å². The zero-order valence-corrected chi connectivity index (χ0v) is 18.4. The number of carbonyl (C=O) groups excluding carboxylic acids is 1. The predicted molar refractivity (Wildman–Crippen MR) is 124 cm³/mol. The number of furan rings is 1. The topological polar surface area (TPSA) is 42.2 Å². The molecule has 3 aromatic carbocycles. The first-order valence-electron chi connectivity index (χ1n) is 9.98. The maximum Gasteiger partial charge on any atom is 0.232 e. The van der Waals surface area contributed by atoms with Crippen molar-refractivity contribution < 1.29 is 9.21 Å². The lowest BCUT2D eigenvalue weighted by molar-refractivity contribution is -0.115. The summed E-state index contributed by atoms with van der Waals surface area (Å²) in [7, 11) is 0. The molecule has 30 heavy (non-hydrogen) atoms. The summed E-state index contributed by atoms with van der Waals surface area (Å²) in [5, 5.41) is 4.64. The Kier molecular flexibility index (Phi) is 5.40. The van der Waals surface area contributed by atoms with Crippen molar-refractivity contribution in [2.24, 2.45) is 0 Å². The van der Waals surface area contributed by atoms with Crippen LogP contribution in [0.3, 0.4) is 0 Å². The molecule has 0 atom stereocenters. The van der Waals surface area contributed by atoms with Crippen molar-refractivity contribution in [3.05, 3.63) is 87.6 Å². The molecule has 0 radical (unpaired) electrons. The zero-order chi connectivity index (χ0) is 21.4. The summed E-state index contributed by atoms with van der Waals surface area (Å²) >= 11 is 6.27. The molecule has 4 heteroatoms. The van der Waals surface area contributed by atoms with Gasteiger partial charge < -0.3 is 9.73 Å². The van der Waals surface area contributed by atoms with E-state index in [-0.39, 0.29) is 12.3 Å². The minimum absolute atomic E-state index is 0.106. The van der Waals surface area contributed by atoms with E-state index >= 15 is 0 Å². The van der Waals surface area contributed by atoms with Crippen LogP contribution in [0.4, 0.5) is 5.69 Å². The first kappa shape index (κ1) is 20.2. The third kappa shape index (κ3) is 3.86. The normalized spacial score (nSPS) is 11.1. The number of rotatable bonds is 4. The molecular weight excluding hydrogens is 394 g/mol. The third-order valence-electron chi connectivity index (χ3n) is 5.40. The van der Waals surface area contributed by atoms with Crippen LogP contribution in [-0.4, -0.2) is 5.91 Å². The van der Waals surface area contributed by atoms with E-state index in [4.69, 9.17) is 16.0 Å². The van der Waals surface area contributed by atoms with Crippen molar-refractivity contribution in [1.82, 2.24) is 0 Å². The van der Waals surface area contributed by atoms with Gasteiger partial charge in [-0.2, -0.15) is 0 Å². The number of nitrogens with one attached hydrogen (secondary N) is 1. The molecule has 0 aliphatic carbocycles. The molecule has 1 amide bonds. The Bertz CT molecular complexity index is 1250. The molecule has 1 aromatic heterocycles. The van der Waals surface area contributed by atoms with Gasteiger partial charge in [-0.25, -0.2) is 0 Å². The molecule has 1 N–H and O–H groups in total. The Morgan fingerprint density at radius 2 is 1.63 bits per heavy atom. The molecule has 0 saturated heterocycles. The number of hydrogen-bond donors (Lipinski definition) is 1. The fraction of sp³-hybridized carbons (Fsp3) is 0.192. The Morgan fingerprint density at radius 1 is 0.933 bits per heavy atom. The van der Waals surface area contributed by atoms with E-state index in [9.17, 15) is 4.79 Å². The van der Waals surface area contributed by atoms with Gasteiger partial charge in [-0.15, -0.1) is 0 Å². The molecule has 1 heterocycles. The Morgan fingerprint density at radius 3 is 2.33 bits per heavy atom. The van der Waals surface area contributed by atoms with E-state index in [1.165, 1.54) is 5.56 Å². The van der Waals surface area contributed by atoms with Gasteiger partial charge in [-0.05, 0) is 68.1 Å². The molecule has 3 nitrogen and oxygen atoms in total. The molecule has 4 rings (SSSR count). The van der Waals surface area contributed by atoms with Crippen LogP contribution in [-0.2, 0) is 11.2 Å². The monoisotopic (exact) mass is 417 g/mol. The lowest BCUT2D eigenvalue weighted by Crippen LogP contribution is -2.16. The number of benzene rings is 3. The number of amides is 1. The van der Waals surface area contributed by atoms with E-state index in [0.717, 1.165) is 44.5 Å². The van der Waals surface area contributed by atoms with Gasteiger partial charge in [0, 0.05) is 21.7 Å². The summed E-state index contributed by atoms with van der Waals surface area (Å²) < 4.78 is 6.13. The van der Waals surface area contributed by atoms with Crippen LogP contribution in [0, 0.1) is 27.7 Å². The highest BCUT2D eigenvalue weighted by Crippen LogP contribution is 2.38. The van der Waals surface area contributed by atoms with Crippen molar-refractivity contribution >= 4 is 34.2 Å². The van der Waals surface area contributed by atoms with Crippen LogP contribution >= 0.6 is 11.6 Å². The smallest absolute Gasteiger partial charge is 0.232 e. The molecular formula is C26H24ClNO2. The molecule has 0 fully saturated rings. The van der Waals surface area contributed by atoms with Gasteiger partial charge in [0.05, 0.1) is 6.42 Å². The average molecular weight is 418 g/mol. The number of fused-ring (bicyclic) bond motifs is 1. The summed E-state index contributed by atoms with van der Waals surface area (Å²) in [4.78, 5) is 13.0. The summed E-state index contributed by atoms with van der Waals surface area (Å²) in [6, 6.07) is 17.8. The molecule has 152 valence electrons. The highest BCUT2D eigenvalue weighted by molar-refractivity contribution is 6.31. The van der Waals surface area contributed by atoms with E-state index in [1.807, 2.05) is 38.1 Å². The standard InChI is InChI=1S/C26H24ClNO2/c1-15-11-17(3)26(18(4)12-15)28-24(29)14-23-25(20-8-6-5-7-16(20)2)21-13-19(27)9-10-22(21)30-23/h5-13H,14H2,1-4H3,(H,28,29). The van der Waals surface area contributed by atoms with Crippen molar-refractivity contribution in [3.8, 4) is 11.1 Å². The second kappa shape index (κ2) is 8.00. The van der Waals surface area contributed by atoms with Crippen LogP contribution in [0.2, 0.25) is 5.02 Å². The van der Waals surface area contributed by atoms with Crippen molar-refractivity contribution in [1.29, 1.82) is 0 Å². The van der Waals surface area contributed by atoms with Gasteiger partial charge >= 0.3 is 0 Å². The molecule has 0 saturated carbocycles. The van der Waals surface area contributed by atoms with Gasteiger partial charge in [-0.3, -0.25) is 4.79 Å². The maximum absolute atomic E-state index is 13.0. The highest BCUT2D eigenvalue weighted by atomic mass is 35.5. The molecule has 0 unspecified atom stereocenters. The Labute approximate surface area is 181 Å². The van der Waals surface area contributed by atoms with Gasteiger partial charge in [0.1, 0.15) is 11.3 Å². The molecule has 4 aromatic rings. The molecule has 0 bridgehead atoms. The quantitative estimate of drug-likeness (QED) is 0.382. The first-order chi connectivity index (χ1) is 14.3. The van der Waals surface area contributed by atoms with Crippen molar-refractivity contribution in [3.63, 3.8) is 0 Å². The third-order valence-corrected chi connectivity index (χ3v) is 5.64. The number of anilines is 1. The van der Waals surface area contributed by atoms with Crippen LogP contribution in [0.15, 0.2) is 59.0 Å². The first-order valence-corrected chi connectivity index (χ1v) is 10.4. The fourth-order valence-corrected chi connectivity index (χ4v) is 4.27. The summed E-state index contributed by atoms with van der Waals surface area (Å²) in [5.74, 6) is 0.534.